The van der Waals surface area contributed by atoms with Crippen molar-refractivity contribution in [3.05, 3.63) is 23.8 Å². The smallest absolute Gasteiger partial charge is 0.321 e. The molecule has 0 saturated heterocycles. The van der Waals surface area contributed by atoms with Crippen molar-refractivity contribution in [2.75, 3.05) is 14.2 Å². The van der Waals surface area contributed by atoms with Gasteiger partial charge in [-0.15, -0.1) is 0 Å². The third-order valence-corrected chi connectivity index (χ3v) is 2.85. The lowest BCUT2D eigenvalue weighted by molar-refractivity contribution is -0.126. The lowest BCUT2D eigenvalue weighted by Crippen LogP contribution is -2.44. The molecule has 2 atom stereocenters. The predicted molar refractivity (Wildman–Crippen MR) is 78.3 cm³/mol. The van der Waals surface area contributed by atoms with Crippen LogP contribution in [0.2, 0.25) is 0 Å². The summed E-state index contributed by atoms with van der Waals surface area (Å²) in [6.45, 7) is 3.39. The molecule has 0 aliphatic rings. The zero-order chi connectivity index (χ0) is 16.0. The maximum absolute atomic E-state index is 11.7. The Kier molecular flexibility index (Phi) is 5.98. The van der Waals surface area contributed by atoms with Gasteiger partial charge in [0.05, 0.1) is 7.11 Å². The van der Waals surface area contributed by atoms with Crippen LogP contribution in [-0.2, 0) is 4.79 Å². The van der Waals surface area contributed by atoms with Gasteiger partial charge in [-0.05, 0) is 31.5 Å². The van der Waals surface area contributed by atoms with E-state index in [1.165, 1.54) is 21.1 Å². The summed E-state index contributed by atoms with van der Waals surface area (Å²) in [5.74, 6) is 0.332. The van der Waals surface area contributed by atoms with Crippen molar-refractivity contribution in [2.24, 2.45) is 5.73 Å². The number of carbonyl (C=O) groups is 2. The van der Waals surface area contributed by atoms with E-state index in [1.807, 2.05) is 6.92 Å². The maximum atomic E-state index is 11.7. The van der Waals surface area contributed by atoms with Crippen LogP contribution in [0.25, 0.3) is 0 Å². The van der Waals surface area contributed by atoms with Crippen LogP contribution in [-0.4, -0.2) is 32.2 Å². The molecule has 1 aromatic rings. The molecular formula is C14H21N3O4. The number of urea groups is 1. The zero-order valence-electron chi connectivity index (χ0n) is 12.6. The SMILES string of the molecule is CNC(=O)NC(=O)C(C)Oc1ccc([C@H](C)N)cc1OC. The van der Waals surface area contributed by atoms with E-state index < -0.39 is 18.0 Å². The summed E-state index contributed by atoms with van der Waals surface area (Å²) in [5.41, 5.74) is 6.69. The number of nitrogens with one attached hydrogen (secondary N) is 2. The van der Waals surface area contributed by atoms with Crippen LogP contribution < -0.4 is 25.8 Å². The molecule has 116 valence electrons. The van der Waals surface area contributed by atoms with E-state index >= 15 is 0 Å². The molecule has 0 heterocycles. The lowest BCUT2D eigenvalue weighted by Gasteiger charge is -2.17. The minimum absolute atomic E-state index is 0.137. The van der Waals surface area contributed by atoms with Crippen LogP contribution in [0.15, 0.2) is 18.2 Å². The number of amides is 3. The Morgan fingerprint density at radius 1 is 1.24 bits per heavy atom. The van der Waals surface area contributed by atoms with E-state index in [4.69, 9.17) is 15.2 Å². The molecule has 21 heavy (non-hydrogen) atoms. The van der Waals surface area contributed by atoms with Crippen molar-refractivity contribution in [1.29, 1.82) is 0 Å². The summed E-state index contributed by atoms with van der Waals surface area (Å²) in [4.78, 5) is 22.8. The Morgan fingerprint density at radius 2 is 1.90 bits per heavy atom. The van der Waals surface area contributed by atoms with Gasteiger partial charge in [-0.3, -0.25) is 10.1 Å². The monoisotopic (exact) mass is 295 g/mol. The first-order valence-electron chi connectivity index (χ1n) is 6.51. The second kappa shape index (κ2) is 7.49. The maximum Gasteiger partial charge on any atom is 0.321 e. The van der Waals surface area contributed by atoms with Crippen LogP contribution in [0.5, 0.6) is 11.5 Å². The van der Waals surface area contributed by atoms with Gasteiger partial charge in [-0.2, -0.15) is 0 Å². The summed E-state index contributed by atoms with van der Waals surface area (Å²) in [6, 6.07) is 4.51. The van der Waals surface area contributed by atoms with Gasteiger partial charge in [-0.1, -0.05) is 6.07 Å². The van der Waals surface area contributed by atoms with Gasteiger partial charge in [0, 0.05) is 13.1 Å². The predicted octanol–water partition coefficient (Wildman–Crippen LogP) is 0.938. The van der Waals surface area contributed by atoms with E-state index in [-0.39, 0.29) is 6.04 Å². The highest BCUT2D eigenvalue weighted by Gasteiger charge is 2.19. The zero-order valence-corrected chi connectivity index (χ0v) is 12.6. The van der Waals surface area contributed by atoms with Crippen LogP contribution in [0.4, 0.5) is 4.79 Å². The molecule has 0 fully saturated rings. The van der Waals surface area contributed by atoms with Crippen LogP contribution >= 0.6 is 0 Å². The molecule has 0 aromatic heterocycles. The molecule has 1 rings (SSSR count). The average molecular weight is 295 g/mol. The minimum atomic E-state index is -0.850. The summed E-state index contributed by atoms with van der Waals surface area (Å²) >= 11 is 0. The fourth-order valence-corrected chi connectivity index (χ4v) is 1.58. The fraction of sp³-hybridized carbons (Fsp3) is 0.429. The molecule has 0 radical (unpaired) electrons. The van der Waals surface area contributed by atoms with Gasteiger partial charge in [0.15, 0.2) is 17.6 Å². The molecule has 7 nitrogen and oxygen atoms in total. The topological polar surface area (TPSA) is 103 Å². The number of benzene rings is 1. The van der Waals surface area contributed by atoms with Gasteiger partial charge in [-0.25, -0.2) is 4.79 Å². The number of carbonyl (C=O) groups excluding carboxylic acids is 2. The van der Waals surface area contributed by atoms with Crippen LogP contribution in [0, 0.1) is 0 Å². The van der Waals surface area contributed by atoms with E-state index in [2.05, 4.69) is 10.6 Å². The molecule has 1 aromatic carbocycles. The van der Waals surface area contributed by atoms with Gasteiger partial charge in [0.1, 0.15) is 0 Å². The van der Waals surface area contributed by atoms with Crippen molar-refractivity contribution in [2.45, 2.75) is 26.0 Å². The first kappa shape index (κ1) is 16.8. The number of ether oxygens (including phenoxy) is 2. The van der Waals surface area contributed by atoms with Gasteiger partial charge >= 0.3 is 6.03 Å². The molecule has 0 saturated carbocycles. The van der Waals surface area contributed by atoms with Crippen molar-refractivity contribution in [1.82, 2.24) is 10.6 Å². The Bertz CT molecular complexity index is 517. The van der Waals surface area contributed by atoms with Crippen molar-refractivity contribution >= 4 is 11.9 Å². The standard InChI is InChI=1S/C14H21N3O4/c1-8(15)10-5-6-11(12(7-10)20-4)21-9(2)13(18)17-14(19)16-3/h5-9H,15H2,1-4H3,(H2,16,17,18,19)/t8-,9?/m0/s1. The number of hydrogen-bond acceptors (Lipinski definition) is 5. The Labute approximate surface area is 123 Å². The Hall–Kier alpha value is -2.28. The molecule has 3 amide bonds. The van der Waals surface area contributed by atoms with E-state index in [0.29, 0.717) is 11.5 Å². The first-order valence-corrected chi connectivity index (χ1v) is 6.51. The molecule has 4 N–H and O–H groups in total. The molecule has 0 aliphatic heterocycles. The highest BCUT2D eigenvalue weighted by atomic mass is 16.5. The highest BCUT2D eigenvalue weighted by molar-refractivity contribution is 5.96. The number of nitrogens with two attached hydrogens (primary N) is 1. The molecule has 0 spiro atoms. The normalized spacial score (nSPS) is 13.0. The van der Waals surface area contributed by atoms with E-state index in [1.54, 1.807) is 18.2 Å². The third-order valence-electron chi connectivity index (χ3n) is 2.85. The number of imide groups is 1. The second-order valence-electron chi connectivity index (χ2n) is 4.53. The van der Waals surface area contributed by atoms with Crippen molar-refractivity contribution < 1.29 is 19.1 Å². The van der Waals surface area contributed by atoms with Gasteiger partial charge < -0.3 is 20.5 Å². The minimum Gasteiger partial charge on any atom is -0.493 e. The van der Waals surface area contributed by atoms with Crippen molar-refractivity contribution in [3.63, 3.8) is 0 Å². The van der Waals surface area contributed by atoms with Crippen LogP contribution in [0.3, 0.4) is 0 Å². The van der Waals surface area contributed by atoms with Crippen LogP contribution in [0.1, 0.15) is 25.5 Å². The molecule has 7 heteroatoms. The quantitative estimate of drug-likeness (QED) is 0.750. The van der Waals surface area contributed by atoms with Gasteiger partial charge in [0.25, 0.3) is 5.91 Å². The highest BCUT2D eigenvalue weighted by Crippen LogP contribution is 2.30. The molecule has 0 bridgehead atoms. The van der Waals surface area contributed by atoms with E-state index in [0.717, 1.165) is 5.56 Å². The number of rotatable bonds is 5. The Morgan fingerprint density at radius 3 is 2.43 bits per heavy atom. The fourth-order valence-electron chi connectivity index (χ4n) is 1.58. The second-order valence-corrected chi connectivity index (χ2v) is 4.53. The molecule has 0 aliphatic carbocycles. The Balaban J connectivity index is 2.82. The lowest BCUT2D eigenvalue weighted by atomic mass is 10.1. The summed E-state index contributed by atoms with van der Waals surface area (Å²) in [5, 5.41) is 4.43. The molecular weight excluding hydrogens is 274 g/mol. The largest absolute Gasteiger partial charge is 0.493 e. The van der Waals surface area contributed by atoms with Gasteiger partial charge in [0.2, 0.25) is 0 Å². The van der Waals surface area contributed by atoms with Crippen molar-refractivity contribution in [3.8, 4) is 11.5 Å². The average Bonchev–Trinajstić information content (AvgIpc) is 2.46. The summed E-state index contributed by atoms with van der Waals surface area (Å²) < 4.78 is 10.7. The summed E-state index contributed by atoms with van der Waals surface area (Å²) in [6.07, 6.45) is -0.850. The molecule has 1 unspecified atom stereocenters. The number of hydrogen-bond donors (Lipinski definition) is 3. The first-order chi connectivity index (χ1) is 9.88. The summed E-state index contributed by atoms with van der Waals surface area (Å²) in [7, 11) is 2.92. The number of methoxy groups -OCH3 is 1. The van der Waals surface area contributed by atoms with E-state index in [9.17, 15) is 9.59 Å². The third kappa shape index (κ3) is 4.64.